The van der Waals surface area contributed by atoms with Crippen LogP contribution in [0, 0.1) is 17.0 Å². The number of nitrogens with zero attached hydrogens (tertiary/aromatic N) is 3. The molecule has 0 saturated heterocycles. The van der Waals surface area contributed by atoms with Crippen LogP contribution in [0.25, 0.3) is 0 Å². The van der Waals surface area contributed by atoms with Crippen LogP contribution in [0.2, 0.25) is 0 Å². The second-order valence-electron chi connectivity index (χ2n) is 4.27. The van der Waals surface area contributed by atoms with Crippen molar-refractivity contribution in [2.45, 2.75) is 6.92 Å². The molecule has 0 aliphatic heterocycles. The Kier molecular flexibility index (Phi) is 4.07. The molecule has 21 heavy (non-hydrogen) atoms. The molecule has 0 aromatic carbocycles. The van der Waals surface area contributed by atoms with Gasteiger partial charge < -0.3 is 10.6 Å². The summed E-state index contributed by atoms with van der Waals surface area (Å²) < 4.78 is 0. The van der Waals surface area contributed by atoms with E-state index in [1.54, 1.807) is 25.4 Å². The number of pyridine rings is 2. The van der Waals surface area contributed by atoms with E-state index in [0.29, 0.717) is 5.82 Å². The van der Waals surface area contributed by atoms with Gasteiger partial charge in [-0.1, -0.05) is 0 Å². The highest BCUT2D eigenvalue weighted by Gasteiger charge is 2.18. The van der Waals surface area contributed by atoms with Crippen LogP contribution in [0.15, 0.2) is 30.6 Å². The zero-order chi connectivity index (χ0) is 15.4. The SMILES string of the molecule is CNc1ncc([N+](=O)[O-])cc1C(=O)Nc1cc(C)ccn1. The average Bonchev–Trinajstić information content (AvgIpc) is 2.46. The standard InChI is InChI=1S/C13H13N5O3/c1-8-3-4-15-11(5-8)17-13(19)10-6-9(18(20)21)7-16-12(10)14-2/h3-7H,1-2H3,(H,14,16)(H,15,17,19). The zero-order valence-electron chi connectivity index (χ0n) is 11.5. The number of carbonyl (C=O) groups excluding carboxylic acids is 1. The van der Waals surface area contributed by atoms with E-state index in [4.69, 9.17) is 0 Å². The number of hydrogen-bond donors (Lipinski definition) is 2. The van der Waals surface area contributed by atoms with Crippen LogP contribution in [0.4, 0.5) is 17.3 Å². The summed E-state index contributed by atoms with van der Waals surface area (Å²) in [4.78, 5) is 30.3. The van der Waals surface area contributed by atoms with Gasteiger partial charge in [-0.05, 0) is 24.6 Å². The first-order valence-electron chi connectivity index (χ1n) is 6.07. The van der Waals surface area contributed by atoms with E-state index in [-0.39, 0.29) is 17.1 Å². The summed E-state index contributed by atoms with van der Waals surface area (Å²) in [5.41, 5.74) is 0.762. The smallest absolute Gasteiger partial charge is 0.288 e. The number of aryl methyl sites for hydroxylation is 1. The van der Waals surface area contributed by atoms with Crippen molar-refractivity contribution >= 4 is 23.2 Å². The van der Waals surface area contributed by atoms with E-state index in [1.165, 1.54) is 6.07 Å². The van der Waals surface area contributed by atoms with E-state index in [1.807, 2.05) is 6.92 Å². The Balaban J connectivity index is 2.33. The van der Waals surface area contributed by atoms with Gasteiger partial charge in [0.25, 0.3) is 11.6 Å². The fraction of sp³-hybridized carbons (Fsp3) is 0.154. The monoisotopic (exact) mass is 287 g/mol. The Morgan fingerprint density at radius 1 is 1.33 bits per heavy atom. The minimum absolute atomic E-state index is 0.0787. The van der Waals surface area contributed by atoms with Gasteiger partial charge in [0.1, 0.15) is 17.8 Å². The lowest BCUT2D eigenvalue weighted by molar-refractivity contribution is -0.385. The summed E-state index contributed by atoms with van der Waals surface area (Å²) in [6, 6.07) is 4.66. The van der Waals surface area contributed by atoms with Gasteiger partial charge in [0, 0.05) is 19.3 Å². The molecular weight excluding hydrogens is 274 g/mol. The number of hydrogen-bond acceptors (Lipinski definition) is 6. The number of rotatable bonds is 4. The van der Waals surface area contributed by atoms with Crippen molar-refractivity contribution in [1.29, 1.82) is 0 Å². The normalized spacial score (nSPS) is 10.0. The molecule has 2 heterocycles. The van der Waals surface area contributed by atoms with Crippen molar-refractivity contribution in [1.82, 2.24) is 9.97 Å². The van der Waals surface area contributed by atoms with Gasteiger partial charge in [-0.15, -0.1) is 0 Å². The summed E-state index contributed by atoms with van der Waals surface area (Å²) in [6.45, 7) is 1.87. The number of nitrogens with one attached hydrogen (secondary N) is 2. The minimum atomic E-state index is -0.603. The molecule has 108 valence electrons. The molecular formula is C13H13N5O3. The quantitative estimate of drug-likeness (QED) is 0.657. The summed E-state index contributed by atoms with van der Waals surface area (Å²) in [6.07, 6.45) is 2.66. The second kappa shape index (κ2) is 5.95. The molecule has 2 rings (SSSR count). The van der Waals surface area contributed by atoms with Crippen molar-refractivity contribution in [2.24, 2.45) is 0 Å². The molecule has 0 atom stereocenters. The second-order valence-corrected chi connectivity index (χ2v) is 4.27. The molecule has 0 unspecified atom stereocenters. The Bertz CT molecular complexity index is 702. The number of amides is 1. The van der Waals surface area contributed by atoms with Gasteiger partial charge in [-0.3, -0.25) is 14.9 Å². The van der Waals surface area contributed by atoms with Crippen molar-refractivity contribution in [3.63, 3.8) is 0 Å². The number of aromatic nitrogens is 2. The van der Waals surface area contributed by atoms with Gasteiger partial charge >= 0.3 is 0 Å². The summed E-state index contributed by atoms with van der Waals surface area (Å²) >= 11 is 0. The molecule has 2 N–H and O–H groups in total. The summed E-state index contributed by atoms with van der Waals surface area (Å²) in [5.74, 6) is 0.105. The van der Waals surface area contributed by atoms with Crippen LogP contribution in [0.1, 0.15) is 15.9 Å². The number of carbonyl (C=O) groups is 1. The van der Waals surface area contributed by atoms with Crippen molar-refractivity contribution < 1.29 is 9.72 Å². The van der Waals surface area contributed by atoms with E-state index in [2.05, 4.69) is 20.6 Å². The van der Waals surface area contributed by atoms with Crippen molar-refractivity contribution in [3.8, 4) is 0 Å². The Morgan fingerprint density at radius 3 is 2.71 bits per heavy atom. The average molecular weight is 287 g/mol. The largest absolute Gasteiger partial charge is 0.372 e. The van der Waals surface area contributed by atoms with Crippen LogP contribution < -0.4 is 10.6 Å². The fourth-order valence-corrected chi connectivity index (χ4v) is 1.71. The molecule has 0 radical (unpaired) electrons. The molecule has 0 spiro atoms. The van der Waals surface area contributed by atoms with Gasteiger partial charge in [-0.2, -0.15) is 0 Å². The first-order chi connectivity index (χ1) is 10.0. The highest BCUT2D eigenvalue weighted by Crippen LogP contribution is 2.20. The van der Waals surface area contributed by atoms with E-state index in [0.717, 1.165) is 11.8 Å². The number of nitro groups is 1. The third-order valence-electron chi connectivity index (χ3n) is 2.72. The first-order valence-corrected chi connectivity index (χ1v) is 6.07. The van der Waals surface area contributed by atoms with Crippen LogP contribution >= 0.6 is 0 Å². The minimum Gasteiger partial charge on any atom is -0.372 e. The third-order valence-corrected chi connectivity index (χ3v) is 2.72. The summed E-state index contributed by atoms with van der Waals surface area (Å²) in [5, 5.41) is 16.1. The highest BCUT2D eigenvalue weighted by atomic mass is 16.6. The zero-order valence-corrected chi connectivity index (χ0v) is 11.5. The lowest BCUT2D eigenvalue weighted by atomic mass is 10.2. The molecule has 0 saturated carbocycles. The molecule has 2 aromatic rings. The Morgan fingerprint density at radius 2 is 2.10 bits per heavy atom. The van der Waals surface area contributed by atoms with E-state index < -0.39 is 10.8 Å². The van der Waals surface area contributed by atoms with Crippen LogP contribution in [-0.4, -0.2) is 27.8 Å². The van der Waals surface area contributed by atoms with Crippen LogP contribution in [-0.2, 0) is 0 Å². The Labute approximate surface area is 120 Å². The maximum Gasteiger partial charge on any atom is 0.288 e. The predicted octanol–water partition coefficient (Wildman–Crippen LogP) is 1.99. The van der Waals surface area contributed by atoms with Gasteiger partial charge in [-0.25, -0.2) is 9.97 Å². The maximum absolute atomic E-state index is 12.2. The molecule has 0 bridgehead atoms. The highest BCUT2D eigenvalue weighted by molar-refractivity contribution is 6.07. The van der Waals surface area contributed by atoms with Gasteiger partial charge in [0.05, 0.1) is 10.5 Å². The molecule has 0 fully saturated rings. The van der Waals surface area contributed by atoms with Crippen molar-refractivity contribution in [2.75, 3.05) is 17.7 Å². The maximum atomic E-state index is 12.2. The molecule has 2 aromatic heterocycles. The first kappa shape index (κ1) is 14.4. The molecule has 8 nitrogen and oxygen atoms in total. The number of anilines is 2. The molecule has 1 amide bonds. The van der Waals surface area contributed by atoms with Gasteiger partial charge in [0.15, 0.2) is 0 Å². The van der Waals surface area contributed by atoms with E-state index in [9.17, 15) is 14.9 Å². The predicted molar refractivity (Wildman–Crippen MR) is 77.4 cm³/mol. The van der Waals surface area contributed by atoms with Gasteiger partial charge in [0.2, 0.25) is 0 Å². The topological polar surface area (TPSA) is 110 Å². The van der Waals surface area contributed by atoms with Crippen LogP contribution in [0.3, 0.4) is 0 Å². The molecule has 0 aliphatic rings. The Hall–Kier alpha value is -3.03. The van der Waals surface area contributed by atoms with E-state index >= 15 is 0 Å². The molecule has 0 aliphatic carbocycles. The summed E-state index contributed by atoms with van der Waals surface area (Å²) in [7, 11) is 1.58. The fourth-order valence-electron chi connectivity index (χ4n) is 1.71. The lowest BCUT2D eigenvalue weighted by Crippen LogP contribution is -2.16. The van der Waals surface area contributed by atoms with Crippen molar-refractivity contribution in [3.05, 3.63) is 51.8 Å². The van der Waals surface area contributed by atoms with Crippen LogP contribution in [0.5, 0.6) is 0 Å². The lowest BCUT2D eigenvalue weighted by Gasteiger charge is -2.08. The third kappa shape index (κ3) is 3.30. The molecule has 8 heteroatoms.